The Morgan fingerprint density at radius 2 is 1.83 bits per heavy atom. The van der Waals surface area contributed by atoms with Crippen molar-refractivity contribution >= 4 is 22.9 Å². The monoisotopic (exact) mass is 344 g/mol. The van der Waals surface area contributed by atoms with Gasteiger partial charge >= 0.3 is 0 Å². The van der Waals surface area contributed by atoms with E-state index in [9.17, 15) is 0 Å². The number of alkyl halides is 1. The first kappa shape index (κ1) is 19.6. The number of halogens is 1. The number of nitrogens with one attached hydrogen (secondary N) is 1. The molecule has 0 unspecified atom stereocenters. The van der Waals surface area contributed by atoms with E-state index in [-0.39, 0.29) is 12.0 Å². The first-order valence-electron chi connectivity index (χ1n) is 7.58. The van der Waals surface area contributed by atoms with Crippen molar-refractivity contribution < 1.29 is 0 Å². The molecule has 0 aliphatic heterocycles. The molecule has 7 N–H and O–H groups in total. The first-order valence-corrected chi connectivity index (χ1v) is 8.11. The van der Waals surface area contributed by atoms with E-state index in [1.54, 1.807) is 0 Å². The lowest BCUT2D eigenvalue weighted by molar-refractivity contribution is 0.885. The van der Waals surface area contributed by atoms with Gasteiger partial charge in [-0.25, -0.2) is 0 Å². The summed E-state index contributed by atoms with van der Waals surface area (Å²) in [6.07, 6.45) is 1.49. The molecule has 4 nitrogen and oxygen atoms in total. The summed E-state index contributed by atoms with van der Waals surface area (Å²) in [6.45, 7) is 5.88. The molecule has 2 rings (SSSR count). The van der Waals surface area contributed by atoms with Gasteiger partial charge in [-0.3, -0.25) is 0 Å². The fourth-order valence-electron chi connectivity index (χ4n) is 2.24. The second-order valence-corrected chi connectivity index (χ2v) is 5.43. The van der Waals surface area contributed by atoms with Crippen LogP contribution in [0, 0.1) is 0 Å². The molecule has 0 spiro atoms. The molecule has 0 saturated heterocycles. The van der Waals surface area contributed by atoms with E-state index in [1.807, 2.05) is 42.5 Å². The average Bonchev–Trinajstić information content (AvgIpc) is 2.57. The van der Waals surface area contributed by atoms with Crippen LogP contribution >= 0.6 is 11.6 Å². The van der Waals surface area contributed by atoms with Gasteiger partial charge < -0.3 is 22.5 Å². The molecule has 0 fully saturated rings. The average molecular weight is 345 g/mol. The smallest absolute Gasteiger partial charge is 0.0688 e. The van der Waals surface area contributed by atoms with Crippen LogP contribution in [0.2, 0.25) is 0 Å². The molecular weight excluding hydrogens is 320 g/mol. The Bertz CT molecular complexity index is 668. The summed E-state index contributed by atoms with van der Waals surface area (Å²) < 4.78 is 0. The summed E-state index contributed by atoms with van der Waals surface area (Å²) in [4.78, 5) is 0. The van der Waals surface area contributed by atoms with Gasteiger partial charge in [-0.2, -0.15) is 0 Å². The Morgan fingerprint density at radius 1 is 1.21 bits per heavy atom. The quantitative estimate of drug-likeness (QED) is 0.377. The minimum Gasteiger partial charge on any atom is -0.404 e. The summed E-state index contributed by atoms with van der Waals surface area (Å²) in [6, 6.07) is 18.7. The molecule has 0 aromatic heterocycles. The van der Waals surface area contributed by atoms with Crippen LogP contribution in [0.15, 0.2) is 73.1 Å². The van der Waals surface area contributed by atoms with E-state index in [1.165, 1.54) is 11.8 Å². The lowest BCUT2D eigenvalue weighted by Crippen LogP contribution is -2.07. The van der Waals surface area contributed by atoms with E-state index in [0.717, 1.165) is 16.8 Å². The fraction of sp³-hybridized carbons (Fsp3) is 0.158. The summed E-state index contributed by atoms with van der Waals surface area (Å²) in [5.41, 5.74) is 20.4. The lowest BCUT2D eigenvalue weighted by Gasteiger charge is -2.17. The van der Waals surface area contributed by atoms with Gasteiger partial charge in [0.2, 0.25) is 0 Å². The molecule has 0 saturated carbocycles. The van der Waals surface area contributed by atoms with Gasteiger partial charge in [-0.05, 0) is 30.2 Å². The zero-order chi connectivity index (χ0) is 17.9. The third kappa shape index (κ3) is 5.99. The zero-order valence-electron chi connectivity index (χ0n) is 13.9. The Hall–Kier alpha value is -2.43. The number of hydrogen-bond acceptors (Lipinski definition) is 4. The van der Waals surface area contributed by atoms with Gasteiger partial charge in [0.15, 0.2) is 0 Å². The third-order valence-electron chi connectivity index (χ3n) is 3.37. The number of nitrogens with two attached hydrogens (primary N) is 3. The summed E-state index contributed by atoms with van der Waals surface area (Å²) in [5.74, 6) is 0. The molecule has 0 radical (unpaired) electrons. The highest BCUT2D eigenvalue weighted by Crippen LogP contribution is 2.24. The van der Waals surface area contributed by atoms with Crippen molar-refractivity contribution in [2.24, 2.45) is 17.2 Å². The normalized spacial score (nSPS) is 11.9. The zero-order valence-corrected chi connectivity index (χ0v) is 14.6. The van der Waals surface area contributed by atoms with Crippen molar-refractivity contribution in [3.63, 3.8) is 0 Å². The van der Waals surface area contributed by atoms with Crippen molar-refractivity contribution in [3.05, 3.63) is 84.2 Å². The topological polar surface area (TPSA) is 90.1 Å². The highest BCUT2D eigenvalue weighted by atomic mass is 35.5. The summed E-state index contributed by atoms with van der Waals surface area (Å²) in [7, 11) is 0. The van der Waals surface area contributed by atoms with E-state index < -0.39 is 0 Å². The second-order valence-electron chi connectivity index (χ2n) is 5.12. The maximum absolute atomic E-state index is 5.76. The lowest BCUT2D eigenvalue weighted by atomic mass is 10.0. The Labute approximate surface area is 149 Å². The molecule has 0 bridgehead atoms. The predicted octanol–water partition coefficient (Wildman–Crippen LogP) is 3.77. The minimum absolute atomic E-state index is 0.216. The molecule has 0 aliphatic carbocycles. The van der Waals surface area contributed by atoms with Crippen molar-refractivity contribution in [2.45, 2.75) is 13.0 Å². The first-order chi connectivity index (χ1) is 11.5. The van der Waals surface area contributed by atoms with Crippen molar-refractivity contribution in [3.8, 4) is 0 Å². The third-order valence-corrected chi connectivity index (χ3v) is 3.37. The van der Waals surface area contributed by atoms with Crippen molar-refractivity contribution in [2.75, 3.05) is 11.3 Å². The largest absolute Gasteiger partial charge is 0.404 e. The van der Waals surface area contributed by atoms with Gasteiger partial charge in [0.1, 0.15) is 0 Å². The van der Waals surface area contributed by atoms with E-state index in [0.29, 0.717) is 5.70 Å². The van der Waals surface area contributed by atoms with Gasteiger partial charge in [0.25, 0.3) is 0 Å². The van der Waals surface area contributed by atoms with Crippen LogP contribution < -0.4 is 22.5 Å². The molecule has 5 heteroatoms. The Kier molecular flexibility index (Phi) is 8.47. The van der Waals surface area contributed by atoms with Gasteiger partial charge in [-0.15, -0.1) is 11.6 Å². The van der Waals surface area contributed by atoms with Crippen molar-refractivity contribution in [1.29, 1.82) is 0 Å². The second kappa shape index (κ2) is 10.4. The molecule has 24 heavy (non-hydrogen) atoms. The maximum atomic E-state index is 5.76. The van der Waals surface area contributed by atoms with Gasteiger partial charge in [0, 0.05) is 29.2 Å². The Morgan fingerprint density at radius 3 is 2.38 bits per heavy atom. The molecule has 1 atom stereocenters. The summed E-state index contributed by atoms with van der Waals surface area (Å²) in [5, 5.41) is 3.48. The van der Waals surface area contributed by atoms with Crippen LogP contribution in [0.5, 0.6) is 0 Å². The molecule has 0 amide bonds. The van der Waals surface area contributed by atoms with Crippen LogP contribution in [0.1, 0.15) is 24.1 Å². The van der Waals surface area contributed by atoms with Crippen molar-refractivity contribution in [1.82, 2.24) is 0 Å². The number of anilines is 1. The number of rotatable bonds is 5. The number of benzene rings is 2. The molecule has 128 valence electrons. The van der Waals surface area contributed by atoms with E-state index in [2.05, 4.69) is 36.7 Å². The predicted molar refractivity (Wildman–Crippen MR) is 105 cm³/mol. The number of hydrogen-bond donors (Lipinski definition) is 4. The van der Waals surface area contributed by atoms with Crippen LogP contribution in [-0.4, -0.2) is 6.00 Å². The molecule has 2 aromatic rings. The summed E-state index contributed by atoms with van der Waals surface area (Å²) >= 11 is 4.78. The Balaban J connectivity index is 0.000000891. The van der Waals surface area contributed by atoms with E-state index >= 15 is 0 Å². The van der Waals surface area contributed by atoms with Gasteiger partial charge in [0.05, 0.1) is 6.00 Å². The molecule has 0 aliphatic rings. The molecule has 2 aromatic carbocycles. The van der Waals surface area contributed by atoms with Crippen LogP contribution in [0.4, 0.5) is 5.69 Å². The maximum Gasteiger partial charge on any atom is 0.0688 e. The fourth-order valence-corrected chi connectivity index (χ4v) is 2.24. The van der Waals surface area contributed by atoms with Gasteiger partial charge in [-0.1, -0.05) is 49.0 Å². The number of allylic oxidation sites excluding steroid dienone is 1. The molecule has 0 heterocycles. The van der Waals surface area contributed by atoms with Crippen LogP contribution in [0.3, 0.4) is 0 Å². The van der Waals surface area contributed by atoms with E-state index in [4.69, 9.17) is 23.1 Å². The minimum atomic E-state index is 0.216. The SMILES string of the molecule is C=C(N)/C(=C\N)c1cccc(N[C@@H](C)c2ccccc2)c1.NCCl. The highest BCUT2D eigenvalue weighted by Gasteiger charge is 2.07. The van der Waals surface area contributed by atoms with Crippen LogP contribution in [0.25, 0.3) is 5.57 Å². The van der Waals surface area contributed by atoms with Crippen LogP contribution in [-0.2, 0) is 0 Å². The highest BCUT2D eigenvalue weighted by molar-refractivity contribution is 6.17. The standard InChI is InChI=1S/C18H21N3.CH4ClN/c1-13(20)18(12-19)16-9-6-10-17(11-16)21-14(2)15-7-4-3-5-8-15;2-1-3/h3-12,14,21H,1,19-20H2,2H3;1,3H2/b18-12+;/t14-;/m0./s1. The molecular formula is C19H25ClN4.